The summed E-state index contributed by atoms with van der Waals surface area (Å²) in [6, 6.07) is 0. The molecule has 0 aromatic carbocycles. The van der Waals surface area contributed by atoms with Crippen LogP contribution < -0.4 is 0 Å². The molecule has 0 N–H and O–H groups in total. The molecule has 12 heavy (non-hydrogen) atoms. The number of carbonyl (C=O) groups is 1. The number of hydrogen-bond acceptors (Lipinski definition) is 2. The summed E-state index contributed by atoms with van der Waals surface area (Å²) in [4.78, 5) is 11.2. The highest BCUT2D eigenvalue weighted by molar-refractivity contribution is 5.73. The van der Waals surface area contributed by atoms with Crippen LogP contribution in [0, 0.1) is 17.8 Å². The Balaban J connectivity index is 2.61. The second-order valence-electron chi connectivity index (χ2n) is 4.26. The van der Waals surface area contributed by atoms with E-state index in [-0.39, 0.29) is 18.0 Å². The Kier molecular flexibility index (Phi) is 2.76. The number of hydrogen-bond donors (Lipinski definition) is 0. The number of esters is 1. The highest BCUT2D eigenvalue weighted by Crippen LogP contribution is 2.29. The van der Waals surface area contributed by atoms with Crippen molar-refractivity contribution in [2.24, 2.45) is 17.8 Å². The van der Waals surface area contributed by atoms with Gasteiger partial charge in [0.15, 0.2) is 0 Å². The second-order valence-corrected chi connectivity index (χ2v) is 4.26. The van der Waals surface area contributed by atoms with Crippen molar-refractivity contribution < 1.29 is 9.53 Å². The molecule has 1 fully saturated rings. The van der Waals surface area contributed by atoms with Crippen molar-refractivity contribution >= 4 is 5.97 Å². The van der Waals surface area contributed by atoms with Crippen LogP contribution in [0.5, 0.6) is 0 Å². The van der Waals surface area contributed by atoms with Crippen molar-refractivity contribution in [3.8, 4) is 0 Å². The molecule has 70 valence electrons. The van der Waals surface area contributed by atoms with Gasteiger partial charge in [-0.2, -0.15) is 0 Å². The van der Waals surface area contributed by atoms with Crippen LogP contribution in [0.4, 0.5) is 0 Å². The summed E-state index contributed by atoms with van der Waals surface area (Å²) >= 11 is 0. The van der Waals surface area contributed by atoms with E-state index in [0.29, 0.717) is 11.8 Å². The van der Waals surface area contributed by atoms with Crippen LogP contribution in [0.25, 0.3) is 0 Å². The monoisotopic (exact) mass is 170 g/mol. The average molecular weight is 170 g/mol. The van der Waals surface area contributed by atoms with Crippen molar-refractivity contribution in [2.75, 3.05) is 0 Å². The number of rotatable bonds is 1. The fourth-order valence-corrected chi connectivity index (χ4v) is 1.95. The molecule has 1 aliphatic rings. The molecule has 0 radical (unpaired) electrons. The van der Waals surface area contributed by atoms with E-state index in [0.717, 1.165) is 6.42 Å². The quantitative estimate of drug-likeness (QED) is 0.564. The summed E-state index contributed by atoms with van der Waals surface area (Å²) in [5, 5.41) is 0. The molecule has 0 saturated carbocycles. The molecule has 0 aliphatic carbocycles. The Morgan fingerprint density at radius 1 is 1.42 bits per heavy atom. The first kappa shape index (κ1) is 9.56. The fraction of sp³-hybridized carbons (Fsp3) is 0.900. The lowest BCUT2D eigenvalue weighted by atomic mass is 9.85. The number of ether oxygens (including phenoxy) is 1. The van der Waals surface area contributed by atoms with E-state index in [2.05, 4.69) is 20.8 Å². The third-order valence-corrected chi connectivity index (χ3v) is 2.60. The van der Waals surface area contributed by atoms with Gasteiger partial charge >= 0.3 is 5.97 Å². The van der Waals surface area contributed by atoms with Crippen molar-refractivity contribution in [3.63, 3.8) is 0 Å². The van der Waals surface area contributed by atoms with Gasteiger partial charge in [0.05, 0.1) is 5.92 Å². The Morgan fingerprint density at radius 3 is 2.50 bits per heavy atom. The highest BCUT2D eigenvalue weighted by atomic mass is 16.5. The minimum Gasteiger partial charge on any atom is -0.462 e. The van der Waals surface area contributed by atoms with Crippen LogP contribution in [-0.4, -0.2) is 12.1 Å². The molecule has 0 aromatic rings. The van der Waals surface area contributed by atoms with Crippen LogP contribution in [-0.2, 0) is 9.53 Å². The van der Waals surface area contributed by atoms with E-state index >= 15 is 0 Å². The van der Waals surface area contributed by atoms with Crippen molar-refractivity contribution in [2.45, 2.75) is 40.2 Å². The summed E-state index contributed by atoms with van der Waals surface area (Å²) in [5.74, 6) is 1.02. The van der Waals surface area contributed by atoms with Crippen molar-refractivity contribution in [1.29, 1.82) is 0 Å². The van der Waals surface area contributed by atoms with Crippen LogP contribution in [0.1, 0.15) is 34.1 Å². The lowest BCUT2D eigenvalue weighted by molar-refractivity contribution is -0.167. The van der Waals surface area contributed by atoms with Gasteiger partial charge < -0.3 is 4.74 Å². The van der Waals surface area contributed by atoms with E-state index in [4.69, 9.17) is 4.74 Å². The average Bonchev–Trinajstić information content (AvgIpc) is 1.96. The summed E-state index contributed by atoms with van der Waals surface area (Å²) in [6.45, 7) is 8.30. The summed E-state index contributed by atoms with van der Waals surface area (Å²) in [7, 11) is 0. The maximum atomic E-state index is 11.2. The lowest BCUT2D eigenvalue weighted by Gasteiger charge is -2.34. The van der Waals surface area contributed by atoms with Gasteiger partial charge in [-0.1, -0.05) is 27.7 Å². The van der Waals surface area contributed by atoms with Gasteiger partial charge in [0, 0.05) is 0 Å². The van der Waals surface area contributed by atoms with E-state index in [1.807, 2.05) is 6.92 Å². The molecule has 1 heterocycles. The number of cyclic esters (lactones) is 1. The first-order valence-corrected chi connectivity index (χ1v) is 4.73. The molecule has 0 bridgehead atoms. The Labute approximate surface area is 74.3 Å². The van der Waals surface area contributed by atoms with Gasteiger partial charge in [-0.25, -0.2) is 0 Å². The third kappa shape index (κ3) is 1.79. The molecule has 1 saturated heterocycles. The summed E-state index contributed by atoms with van der Waals surface area (Å²) in [5.41, 5.74) is 0. The van der Waals surface area contributed by atoms with Crippen LogP contribution in [0.15, 0.2) is 0 Å². The van der Waals surface area contributed by atoms with Gasteiger partial charge in [-0.15, -0.1) is 0 Å². The molecule has 0 aromatic heterocycles. The van der Waals surface area contributed by atoms with Crippen molar-refractivity contribution in [1.82, 2.24) is 0 Å². The maximum absolute atomic E-state index is 11.2. The van der Waals surface area contributed by atoms with Gasteiger partial charge in [-0.05, 0) is 18.3 Å². The molecule has 1 aliphatic heterocycles. The lowest BCUT2D eigenvalue weighted by Crippen LogP contribution is -2.38. The van der Waals surface area contributed by atoms with Gasteiger partial charge in [0.2, 0.25) is 0 Å². The second kappa shape index (κ2) is 3.46. The minimum atomic E-state index is -0.0215. The SMILES string of the molecule is CC1CC(C)C(C(C)C)OC1=O. The van der Waals surface area contributed by atoms with E-state index < -0.39 is 0 Å². The number of carbonyl (C=O) groups excluding carboxylic acids is 1. The Bertz CT molecular complexity index is 175. The van der Waals surface area contributed by atoms with Gasteiger partial charge in [0.25, 0.3) is 0 Å². The Morgan fingerprint density at radius 2 is 2.00 bits per heavy atom. The Hall–Kier alpha value is -0.530. The molecule has 0 spiro atoms. The fourth-order valence-electron chi connectivity index (χ4n) is 1.95. The molecule has 2 heteroatoms. The molecule has 3 atom stereocenters. The van der Waals surface area contributed by atoms with Crippen LogP contribution in [0.2, 0.25) is 0 Å². The maximum Gasteiger partial charge on any atom is 0.308 e. The molecule has 0 amide bonds. The van der Waals surface area contributed by atoms with E-state index in [1.165, 1.54) is 0 Å². The van der Waals surface area contributed by atoms with Gasteiger partial charge in [0.1, 0.15) is 6.10 Å². The zero-order chi connectivity index (χ0) is 9.30. The molecular weight excluding hydrogens is 152 g/mol. The standard InChI is InChI=1S/C10H18O2/c1-6(2)9-7(3)5-8(4)10(11)12-9/h6-9H,5H2,1-4H3. The third-order valence-electron chi connectivity index (χ3n) is 2.60. The molecule has 3 unspecified atom stereocenters. The zero-order valence-corrected chi connectivity index (χ0v) is 8.33. The smallest absolute Gasteiger partial charge is 0.308 e. The predicted octanol–water partition coefficient (Wildman–Crippen LogP) is 2.23. The van der Waals surface area contributed by atoms with Gasteiger partial charge in [-0.3, -0.25) is 4.79 Å². The van der Waals surface area contributed by atoms with Crippen LogP contribution >= 0.6 is 0 Å². The minimum absolute atomic E-state index is 0.0215. The van der Waals surface area contributed by atoms with Crippen molar-refractivity contribution in [3.05, 3.63) is 0 Å². The molecule has 2 nitrogen and oxygen atoms in total. The largest absolute Gasteiger partial charge is 0.462 e. The zero-order valence-electron chi connectivity index (χ0n) is 8.33. The molecular formula is C10H18O2. The molecule has 1 rings (SSSR count). The summed E-state index contributed by atoms with van der Waals surface area (Å²) < 4.78 is 5.33. The topological polar surface area (TPSA) is 26.3 Å². The highest BCUT2D eigenvalue weighted by Gasteiger charge is 2.34. The normalized spacial score (nSPS) is 36.8. The van der Waals surface area contributed by atoms with E-state index in [9.17, 15) is 4.79 Å². The predicted molar refractivity (Wildman–Crippen MR) is 47.7 cm³/mol. The van der Waals surface area contributed by atoms with Crippen LogP contribution in [0.3, 0.4) is 0 Å². The van der Waals surface area contributed by atoms with E-state index in [1.54, 1.807) is 0 Å². The summed E-state index contributed by atoms with van der Waals surface area (Å²) in [6.07, 6.45) is 1.11. The first-order chi connectivity index (χ1) is 5.52. The first-order valence-electron chi connectivity index (χ1n) is 4.73.